The van der Waals surface area contributed by atoms with Crippen LogP contribution in [0.2, 0.25) is 0 Å². The van der Waals surface area contributed by atoms with Crippen LogP contribution >= 0.6 is 6.72 Å². The summed E-state index contributed by atoms with van der Waals surface area (Å²) in [6.07, 6.45) is -4.19. The minimum absolute atomic E-state index is 0.412. The van der Waals surface area contributed by atoms with Crippen molar-refractivity contribution in [1.82, 2.24) is 9.55 Å². The predicted octanol–water partition coefficient (Wildman–Crippen LogP) is -1.19. The van der Waals surface area contributed by atoms with Gasteiger partial charge in [-0.2, -0.15) is 0 Å². The maximum atomic E-state index is 11.8. The van der Waals surface area contributed by atoms with Gasteiger partial charge >= 0.3 is 12.4 Å². The first kappa shape index (κ1) is 19.4. The molecule has 0 bridgehead atoms. The van der Waals surface area contributed by atoms with Crippen LogP contribution in [0.25, 0.3) is 0 Å². The molecule has 12 heteroatoms. The first-order valence-corrected chi connectivity index (χ1v) is 9.69. The average Bonchev–Trinajstić information content (AvgIpc) is 2.74. The van der Waals surface area contributed by atoms with E-state index < -0.39 is 55.2 Å². The Morgan fingerprint density at radius 2 is 2.17 bits per heavy atom. The zero-order valence-corrected chi connectivity index (χ0v) is 14.6. The lowest BCUT2D eigenvalue weighted by molar-refractivity contribution is -0.0548. The third-order valence-electron chi connectivity index (χ3n) is 3.21. The number of rotatable bonds is 6. The van der Waals surface area contributed by atoms with Gasteiger partial charge in [0.05, 0.1) is 12.7 Å². The second kappa shape index (κ2) is 7.54. The van der Waals surface area contributed by atoms with E-state index >= 15 is 0 Å². The fraction of sp³-hybridized carbons (Fsp3) is 0.667. The van der Waals surface area contributed by atoms with Crippen molar-refractivity contribution in [2.24, 2.45) is 0 Å². The summed E-state index contributed by atoms with van der Waals surface area (Å²) < 4.78 is 16.8. The predicted molar refractivity (Wildman–Crippen MR) is 85.9 cm³/mol. The molecule has 2 rings (SSSR count). The van der Waals surface area contributed by atoms with Crippen molar-refractivity contribution in [2.45, 2.75) is 44.5 Å². The van der Waals surface area contributed by atoms with E-state index in [9.17, 15) is 24.7 Å². The summed E-state index contributed by atoms with van der Waals surface area (Å²) in [6.45, 7) is -0.940. The molecule has 0 aliphatic carbocycles. The second-order valence-electron chi connectivity index (χ2n) is 5.45. The van der Waals surface area contributed by atoms with Crippen LogP contribution in [0.5, 0.6) is 0 Å². The highest BCUT2D eigenvalue weighted by Gasteiger charge is 2.48. The number of aromatic amines is 1. The molecule has 2 heterocycles. The van der Waals surface area contributed by atoms with Gasteiger partial charge in [0, 0.05) is 12.3 Å². The second-order valence-corrected chi connectivity index (χ2v) is 8.19. The maximum absolute atomic E-state index is 11.8. The van der Waals surface area contributed by atoms with Gasteiger partial charge in [0.25, 0.3) is 5.56 Å². The molecular formula is C12H19N2O8PS. The zero-order valence-electron chi connectivity index (χ0n) is 12.9. The van der Waals surface area contributed by atoms with Gasteiger partial charge in [0.15, 0.2) is 6.23 Å². The van der Waals surface area contributed by atoms with E-state index in [1.54, 1.807) is 13.8 Å². The fourth-order valence-electron chi connectivity index (χ4n) is 2.30. The molecule has 0 aromatic carbocycles. The van der Waals surface area contributed by atoms with Gasteiger partial charge in [-0.25, -0.2) is 4.79 Å². The summed E-state index contributed by atoms with van der Waals surface area (Å²) in [5, 5.41) is 19.8. The third kappa shape index (κ3) is 4.38. The summed E-state index contributed by atoms with van der Waals surface area (Å²) >= 11 is 4.87. The van der Waals surface area contributed by atoms with E-state index in [0.29, 0.717) is 0 Å². The summed E-state index contributed by atoms with van der Waals surface area (Å²) in [5.74, 6) is 0. The molecule has 2 unspecified atom stereocenters. The van der Waals surface area contributed by atoms with Crippen molar-refractivity contribution in [2.75, 3.05) is 6.61 Å². The van der Waals surface area contributed by atoms with Crippen LogP contribution in [0.15, 0.2) is 21.9 Å². The number of nitrogens with one attached hydrogen (secondary N) is 1. The first-order valence-electron chi connectivity index (χ1n) is 7.10. The van der Waals surface area contributed by atoms with Gasteiger partial charge in [-0.05, 0) is 25.7 Å². The van der Waals surface area contributed by atoms with Crippen LogP contribution in [0.3, 0.4) is 0 Å². The van der Waals surface area contributed by atoms with Gasteiger partial charge < -0.3 is 24.4 Å². The van der Waals surface area contributed by atoms with E-state index in [1.165, 1.54) is 0 Å². The fourth-order valence-corrected chi connectivity index (χ4v) is 4.26. The van der Waals surface area contributed by atoms with Crippen molar-refractivity contribution in [1.29, 1.82) is 0 Å². The molecule has 1 aliphatic rings. The van der Waals surface area contributed by atoms with Gasteiger partial charge in [-0.1, -0.05) is 0 Å². The Hall–Kier alpha value is -0.910. The highest BCUT2D eigenvalue weighted by Crippen LogP contribution is 2.49. The summed E-state index contributed by atoms with van der Waals surface area (Å²) in [7, 11) is 0. The molecular weight excluding hydrogens is 363 g/mol. The van der Waals surface area contributed by atoms with Crippen molar-refractivity contribution >= 4 is 18.5 Å². The minimum atomic E-state index is -3.69. The summed E-state index contributed by atoms with van der Waals surface area (Å²) in [4.78, 5) is 35.0. The summed E-state index contributed by atoms with van der Waals surface area (Å²) in [6, 6.07) is 1.08. The Kier molecular flexibility index (Phi) is 6.10. The SMILES string of the molecule is CC(C)OP(O)(=S)OC1[C@@H](CO)O[C@@H](n2ccc(=O)[nH]c2=O)[C@H]1O. The Bertz CT molecular complexity index is 734. The smallest absolute Gasteiger partial charge is 0.330 e. The molecule has 0 spiro atoms. The lowest BCUT2D eigenvalue weighted by Crippen LogP contribution is -2.38. The molecule has 5 atom stereocenters. The molecule has 1 saturated heterocycles. The topological polar surface area (TPSA) is 143 Å². The molecule has 0 saturated carbocycles. The number of aliphatic hydroxyl groups excluding tert-OH is 2. The molecule has 24 heavy (non-hydrogen) atoms. The monoisotopic (exact) mass is 382 g/mol. The molecule has 1 aromatic rings. The first-order chi connectivity index (χ1) is 11.1. The van der Waals surface area contributed by atoms with Crippen molar-refractivity contribution in [3.8, 4) is 0 Å². The van der Waals surface area contributed by atoms with E-state index in [1.807, 2.05) is 4.98 Å². The molecule has 0 amide bonds. The van der Waals surface area contributed by atoms with Crippen LogP contribution in [-0.2, 0) is 25.6 Å². The number of hydrogen-bond donors (Lipinski definition) is 4. The third-order valence-corrected chi connectivity index (χ3v) is 4.93. The molecule has 1 fully saturated rings. The Labute approximate surface area is 141 Å². The number of aliphatic hydroxyl groups is 2. The van der Waals surface area contributed by atoms with Crippen LogP contribution in [-0.4, -0.2) is 55.7 Å². The number of H-pyrrole nitrogens is 1. The molecule has 1 aromatic heterocycles. The van der Waals surface area contributed by atoms with E-state index in [2.05, 4.69) is 0 Å². The van der Waals surface area contributed by atoms with E-state index in [-0.39, 0.29) is 0 Å². The van der Waals surface area contributed by atoms with Crippen LogP contribution in [0.1, 0.15) is 20.1 Å². The van der Waals surface area contributed by atoms with Crippen LogP contribution < -0.4 is 11.2 Å². The van der Waals surface area contributed by atoms with E-state index in [4.69, 9.17) is 25.6 Å². The number of nitrogens with zero attached hydrogens (tertiary/aromatic N) is 1. The van der Waals surface area contributed by atoms with Crippen LogP contribution in [0, 0.1) is 0 Å². The van der Waals surface area contributed by atoms with Gasteiger partial charge in [-0.3, -0.25) is 18.9 Å². The number of aromatic nitrogens is 2. The minimum Gasteiger partial charge on any atom is -0.394 e. The maximum Gasteiger partial charge on any atom is 0.330 e. The molecule has 0 radical (unpaired) electrons. The van der Waals surface area contributed by atoms with E-state index in [0.717, 1.165) is 16.8 Å². The summed E-state index contributed by atoms with van der Waals surface area (Å²) in [5.41, 5.74) is -1.41. The Balaban J connectivity index is 2.26. The van der Waals surface area contributed by atoms with Crippen LogP contribution in [0.4, 0.5) is 0 Å². The average molecular weight is 382 g/mol. The number of ether oxygens (including phenoxy) is 1. The molecule has 136 valence electrons. The molecule has 4 N–H and O–H groups in total. The van der Waals surface area contributed by atoms with Crippen molar-refractivity contribution in [3.05, 3.63) is 33.1 Å². The van der Waals surface area contributed by atoms with Gasteiger partial charge in [0.2, 0.25) is 0 Å². The highest BCUT2D eigenvalue weighted by molar-refractivity contribution is 8.07. The highest BCUT2D eigenvalue weighted by atomic mass is 32.5. The lowest BCUT2D eigenvalue weighted by atomic mass is 10.1. The zero-order chi connectivity index (χ0) is 18.1. The van der Waals surface area contributed by atoms with Crippen molar-refractivity contribution < 1.29 is 28.9 Å². The molecule has 1 aliphatic heterocycles. The van der Waals surface area contributed by atoms with Gasteiger partial charge in [0.1, 0.15) is 18.3 Å². The lowest BCUT2D eigenvalue weighted by Gasteiger charge is -2.25. The number of hydrogen-bond acceptors (Lipinski definition) is 8. The molecule has 10 nitrogen and oxygen atoms in total. The Morgan fingerprint density at radius 3 is 2.71 bits per heavy atom. The van der Waals surface area contributed by atoms with Gasteiger partial charge in [-0.15, -0.1) is 0 Å². The largest absolute Gasteiger partial charge is 0.394 e. The quantitative estimate of drug-likeness (QED) is 0.447. The normalized spacial score (nSPS) is 29.8. The standard InChI is InChI=1S/C12H19N2O8PS/c1-6(2)21-23(19,24)22-10-7(5-15)20-11(9(10)17)14-4-3-8(16)13-12(14)18/h3-4,6-7,9-11,15,17H,5H2,1-2H3,(H,19,24)(H,13,16,18)/t7-,9+,10?,11-,23?/m1/s1. The van der Waals surface area contributed by atoms with Crippen molar-refractivity contribution in [3.63, 3.8) is 0 Å². The Morgan fingerprint density at radius 1 is 1.50 bits per heavy atom.